The first-order valence-corrected chi connectivity index (χ1v) is 6.79. The molecule has 0 fully saturated rings. The predicted octanol–water partition coefficient (Wildman–Crippen LogP) is 2.05. The van der Waals surface area contributed by atoms with Gasteiger partial charge in [-0.1, -0.05) is 12.1 Å². The Balaban J connectivity index is 2.41. The standard InChI is InChI=1S/C15H15NO7/c1-21-14(17)10-7-8-12(23-13(10)15(18)22-2)9-5-3-4-6-11(9)16(19)20/h3-6,12H,7-8H2,1-2H3. The van der Waals surface area contributed by atoms with Crippen molar-refractivity contribution in [3.05, 3.63) is 51.3 Å². The molecule has 0 radical (unpaired) electrons. The van der Waals surface area contributed by atoms with Crippen molar-refractivity contribution in [2.75, 3.05) is 14.2 Å². The average molecular weight is 321 g/mol. The highest BCUT2D eigenvalue weighted by atomic mass is 16.6. The molecule has 1 aromatic carbocycles. The lowest BCUT2D eigenvalue weighted by atomic mass is 9.96. The van der Waals surface area contributed by atoms with Gasteiger partial charge in [-0.05, 0) is 18.9 Å². The number of nitro benzene ring substituents is 1. The number of esters is 2. The summed E-state index contributed by atoms with van der Waals surface area (Å²) < 4.78 is 14.8. The first-order chi connectivity index (χ1) is 11.0. The van der Waals surface area contributed by atoms with Gasteiger partial charge in [0.05, 0.1) is 30.3 Å². The van der Waals surface area contributed by atoms with E-state index < -0.39 is 23.0 Å². The molecule has 8 heteroatoms. The van der Waals surface area contributed by atoms with Crippen LogP contribution in [0, 0.1) is 10.1 Å². The Hall–Kier alpha value is -2.90. The molecule has 0 amide bonds. The summed E-state index contributed by atoms with van der Waals surface area (Å²) in [5, 5.41) is 11.1. The monoisotopic (exact) mass is 321 g/mol. The van der Waals surface area contributed by atoms with E-state index in [2.05, 4.69) is 9.47 Å². The number of hydrogen-bond acceptors (Lipinski definition) is 7. The van der Waals surface area contributed by atoms with Crippen LogP contribution in [0.4, 0.5) is 5.69 Å². The SMILES string of the molecule is COC(=O)C1=C(C(=O)OC)OC(c2ccccc2[N+](=O)[O-])CC1. The topological polar surface area (TPSA) is 105 Å². The molecule has 0 bridgehead atoms. The van der Waals surface area contributed by atoms with Gasteiger partial charge in [-0.15, -0.1) is 0 Å². The molecule has 0 saturated carbocycles. The quantitative estimate of drug-likeness (QED) is 0.474. The smallest absolute Gasteiger partial charge is 0.373 e. The van der Waals surface area contributed by atoms with E-state index >= 15 is 0 Å². The van der Waals surface area contributed by atoms with Crippen molar-refractivity contribution < 1.29 is 28.7 Å². The maximum Gasteiger partial charge on any atom is 0.373 e. The van der Waals surface area contributed by atoms with Gasteiger partial charge in [0.2, 0.25) is 5.76 Å². The maximum absolute atomic E-state index is 11.8. The molecule has 1 aliphatic heterocycles. The van der Waals surface area contributed by atoms with E-state index in [1.54, 1.807) is 18.2 Å². The van der Waals surface area contributed by atoms with Gasteiger partial charge < -0.3 is 14.2 Å². The van der Waals surface area contributed by atoms with Gasteiger partial charge in [-0.3, -0.25) is 10.1 Å². The normalized spacial score (nSPS) is 17.2. The van der Waals surface area contributed by atoms with Crippen LogP contribution in [0.15, 0.2) is 35.6 Å². The first-order valence-electron chi connectivity index (χ1n) is 6.79. The van der Waals surface area contributed by atoms with E-state index in [9.17, 15) is 19.7 Å². The minimum atomic E-state index is -0.825. The Morgan fingerprint density at radius 3 is 2.48 bits per heavy atom. The summed E-state index contributed by atoms with van der Waals surface area (Å²) in [6.07, 6.45) is -0.233. The van der Waals surface area contributed by atoms with Crippen molar-refractivity contribution in [3.8, 4) is 0 Å². The highest BCUT2D eigenvalue weighted by Gasteiger charge is 2.34. The maximum atomic E-state index is 11.8. The van der Waals surface area contributed by atoms with Crippen LogP contribution >= 0.6 is 0 Å². The number of carbonyl (C=O) groups is 2. The van der Waals surface area contributed by atoms with Crippen molar-refractivity contribution >= 4 is 17.6 Å². The third-order valence-electron chi connectivity index (χ3n) is 3.47. The molecule has 0 N–H and O–H groups in total. The summed E-state index contributed by atoms with van der Waals surface area (Å²) in [5.41, 5.74) is 0.292. The number of methoxy groups -OCH3 is 2. The van der Waals surface area contributed by atoms with E-state index in [0.29, 0.717) is 12.0 Å². The Bertz CT molecular complexity index is 680. The second-order valence-corrected chi connectivity index (χ2v) is 4.75. The molecule has 0 aliphatic carbocycles. The summed E-state index contributed by atoms with van der Waals surface area (Å²) in [4.78, 5) is 34.2. The molecule has 2 rings (SSSR count). The van der Waals surface area contributed by atoms with Crippen LogP contribution in [-0.2, 0) is 23.8 Å². The average Bonchev–Trinajstić information content (AvgIpc) is 2.59. The summed E-state index contributed by atoms with van der Waals surface area (Å²) >= 11 is 0. The van der Waals surface area contributed by atoms with Gasteiger partial charge in [0, 0.05) is 6.07 Å². The first kappa shape index (κ1) is 16.5. The van der Waals surface area contributed by atoms with E-state index in [4.69, 9.17) is 4.74 Å². The van der Waals surface area contributed by atoms with Crippen LogP contribution in [0.1, 0.15) is 24.5 Å². The highest BCUT2D eigenvalue weighted by molar-refractivity contribution is 5.99. The predicted molar refractivity (Wildman–Crippen MR) is 77.2 cm³/mol. The molecule has 0 spiro atoms. The minimum absolute atomic E-state index is 0.0641. The minimum Gasteiger partial charge on any atom is -0.478 e. The number of para-hydroxylation sites is 1. The van der Waals surface area contributed by atoms with Crippen LogP contribution in [0.25, 0.3) is 0 Å². The Morgan fingerprint density at radius 1 is 1.22 bits per heavy atom. The second kappa shape index (κ2) is 6.91. The third-order valence-corrected chi connectivity index (χ3v) is 3.47. The van der Waals surface area contributed by atoms with Gasteiger partial charge in [-0.25, -0.2) is 9.59 Å². The lowest BCUT2D eigenvalue weighted by Gasteiger charge is -2.26. The van der Waals surface area contributed by atoms with Crippen molar-refractivity contribution in [1.29, 1.82) is 0 Å². The Kier molecular flexibility index (Phi) is 4.95. The zero-order valence-corrected chi connectivity index (χ0v) is 12.6. The van der Waals surface area contributed by atoms with E-state index in [0.717, 1.165) is 7.11 Å². The van der Waals surface area contributed by atoms with Gasteiger partial charge in [0.15, 0.2) is 0 Å². The van der Waals surface area contributed by atoms with E-state index in [-0.39, 0.29) is 23.4 Å². The molecular weight excluding hydrogens is 306 g/mol. The van der Waals surface area contributed by atoms with Crippen molar-refractivity contribution in [2.24, 2.45) is 0 Å². The molecule has 8 nitrogen and oxygen atoms in total. The summed E-state index contributed by atoms with van der Waals surface area (Å²) in [6.45, 7) is 0. The summed E-state index contributed by atoms with van der Waals surface area (Å²) in [6, 6.07) is 6.10. The number of nitrogens with zero attached hydrogens (tertiary/aromatic N) is 1. The van der Waals surface area contributed by atoms with Crippen LogP contribution < -0.4 is 0 Å². The fourth-order valence-corrected chi connectivity index (χ4v) is 2.39. The second-order valence-electron chi connectivity index (χ2n) is 4.75. The lowest BCUT2D eigenvalue weighted by Crippen LogP contribution is -2.23. The van der Waals surface area contributed by atoms with Crippen molar-refractivity contribution in [2.45, 2.75) is 18.9 Å². The molecule has 23 heavy (non-hydrogen) atoms. The molecular formula is C15H15NO7. The van der Waals surface area contributed by atoms with Gasteiger partial charge >= 0.3 is 11.9 Å². The van der Waals surface area contributed by atoms with Gasteiger partial charge in [0.1, 0.15) is 6.10 Å². The molecule has 1 heterocycles. The number of rotatable bonds is 4. The Labute approximate surface area is 131 Å². The molecule has 122 valence electrons. The van der Waals surface area contributed by atoms with Crippen LogP contribution in [-0.4, -0.2) is 31.1 Å². The van der Waals surface area contributed by atoms with Crippen LogP contribution in [0.3, 0.4) is 0 Å². The molecule has 1 aliphatic rings. The molecule has 1 aromatic rings. The van der Waals surface area contributed by atoms with E-state index in [1.165, 1.54) is 13.2 Å². The summed E-state index contributed by atoms with van der Waals surface area (Å²) in [5.74, 6) is -1.78. The zero-order chi connectivity index (χ0) is 17.0. The van der Waals surface area contributed by atoms with Crippen molar-refractivity contribution in [3.63, 3.8) is 0 Å². The van der Waals surface area contributed by atoms with Gasteiger partial charge in [0.25, 0.3) is 5.69 Å². The molecule has 1 atom stereocenters. The fourth-order valence-electron chi connectivity index (χ4n) is 2.39. The summed E-state index contributed by atoms with van der Waals surface area (Å²) in [7, 11) is 2.35. The molecule has 0 aromatic heterocycles. The number of ether oxygens (including phenoxy) is 3. The largest absolute Gasteiger partial charge is 0.478 e. The Morgan fingerprint density at radius 2 is 1.87 bits per heavy atom. The number of nitro groups is 1. The molecule has 1 unspecified atom stereocenters. The lowest BCUT2D eigenvalue weighted by molar-refractivity contribution is -0.386. The number of hydrogen-bond donors (Lipinski definition) is 0. The van der Waals surface area contributed by atoms with Crippen LogP contribution in [0.2, 0.25) is 0 Å². The van der Waals surface area contributed by atoms with Crippen molar-refractivity contribution in [1.82, 2.24) is 0 Å². The number of benzene rings is 1. The number of carbonyl (C=O) groups excluding carboxylic acids is 2. The highest BCUT2D eigenvalue weighted by Crippen LogP contribution is 2.38. The van der Waals surface area contributed by atoms with Crippen LogP contribution in [0.5, 0.6) is 0 Å². The zero-order valence-electron chi connectivity index (χ0n) is 12.6. The fraction of sp³-hybridized carbons (Fsp3) is 0.333. The third kappa shape index (κ3) is 3.31. The van der Waals surface area contributed by atoms with E-state index in [1.807, 2.05) is 0 Å². The van der Waals surface area contributed by atoms with Gasteiger partial charge in [-0.2, -0.15) is 0 Å². The molecule has 0 saturated heterocycles.